The van der Waals surface area contributed by atoms with E-state index in [-0.39, 0.29) is 12.1 Å². The molecule has 3 heterocycles. The van der Waals surface area contributed by atoms with Crippen LogP contribution in [-0.4, -0.2) is 21.8 Å². The molecule has 35 heavy (non-hydrogen) atoms. The summed E-state index contributed by atoms with van der Waals surface area (Å²) >= 11 is 5.91. The molecule has 1 aliphatic heterocycles. The van der Waals surface area contributed by atoms with E-state index >= 15 is 0 Å². The number of thiocarbonyl (C=S) groups is 1. The molecule has 5 rings (SSSR count). The number of methoxy groups -OCH3 is 1. The summed E-state index contributed by atoms with van der Waals surface area (Å²) in [6, 6.07) is 22.9. The Balaban J connectivity index is 1.69. The molecule has 1 N–H and O–H groups in total. The average Bonchev–Trinajstić information content (AvgIpc) is 3.34. The Morgan fingerprint density at radius 2 is 1.66 bits per heavy atom. The van der Waals surface area contributed by atoms with Crippen molar-refractivity contribution < 1.29 is 4.74 Å². The van der Waals surface area contributed by atoms with Crippen LogP contribution in [0.4, 0.5) is 5.69 Å². The molecule has 0 saturated carbocycles. The van der Waals surface area contributed by atoms with Crippen molar-refractivity contribution in [2.75, 3.05) is 12.0 Å². The topological polar surface area (TPSA) is 42.3 Å². The van der Waals surface area contributed by atoms with Crippen molar-refractivity contribution in [2.24, 2.45) is 0 Å². The van der Waals surface area contributed by atoms with Crippen molar-refractivity contribution in [3.05, 3.63) is 107 Å². The summed E-state index contributed by atoms with van der Waals surface area (Å²) in [7, 11) is 1.69. The van der Waals surface area contributed by atoms with E-state index in [1.165, 1.54) is 33.8 Å². The van der Waals surface area contributed by atoms with Crippen molar-refractivity contribution in [1.29, 1.82) is 0 Å². The Labute approximate surface area is 212 Å². The minimum absolute atomic E-state index is 0.0737. The molecule has 4 aromatic rings. The zero-order chi connectivity index (χ0) is 24.7. The second-order valence-electron chi connectivity index (χ2n) is 9.21. The molecule has 0 radical (unpaired) electrons. The number of aryl methyl sites for hydroxylation is 3. The van der Waals surface area contributed by atoms with Crippen LogP contribution >= 0.6 is 12.2 Å². The number of pyridine rings is 1. The van der Waals surface area contributed by atoms with Crippen LogP contribution in [0.25, 0.3) is 5.69 Å². The number of ether oxygens (including phenoxy) is 1. The third-order valence-corrected chi connectivity index (χ3v) is 7.00. The molecule has 0 unspecified atom stereocenters. The average molecular weight is 483 g/mol. The fourth-order valence-electron chi connectivity index (χ4n) is 5.27. The van der Waals surface area contributed by atoms with Gasteiger partial charge in [0, 0.05) is 35.0 Å². The predicted octanol–water partition coefficient (Wildman–Crippen LogP) is 6.29. The minimum atomic E-state index is -0.0944. The fraction of sp³-hybridized carbons (Fsp3) is 0.241. The van der Waals surface area contributed by atoms with Crippen LogP contribution in [0.15, 0.2) is 72.9 Å². The van der Waals surface area contributed by atoms with E-state index in [2.05, 4.69) is 78.9 Å². The molecule has 2 aromatic heterocycles. The van der Waals surface area contributed by atoms with E-state index in [1.54, 1.807) is 7.11 Å². The van der Waals surface area contributed by atoms with Gasteiger partial charge in [0.1, 0.15) is 5.75 Å². The summed E-state index contributed by atoms with van der Waals surface area (Å²) in [4.78, 5) is 6.89. The summed E-state index contributed by atoms with van der Waals surface area (Å²) in [5, 5.41) is 4.24. The van der Waals surface area contributed by atoms with Crippen molar-refractivity contribution in [3.63, 3.8) is 0 Å². The Morgan fingerprint density at radius 1 is 0.886 bits per heavy atom. The molecule has 6 heteroatoms. The van der Waals surface area contributed by atoms with E-state index in [0.29, 0.717) is 5.11 Å². The third kappa shape index (κ3) is 4.19. The molecule has 0 aliphatic carbocycles. The lowest BCUT2D eigenvalue weighted by Crippen LogP contribution is -2.29. The number of anilines is 1. The molecule has 1 fully saturated rings. The first-order valence-corrected chi connectivity index (χ1v) is 12.2. The summed E-state index contributed by atoms with van der Waals surface area (Å²) in [5.41, 5.74) is 9.22. The maximum atomic E-state index is 5.91. The van der Waals surface area contributed by atoms with Gasteiger partial charge in [-0.3, -0.25) is 4.98 Å². The van der Waals surface area contributed by atoms with Gasteiger partial charge in [0.05, 0.1) is 24.9 Å². The monoisotopic (exact) mass is 482 g/mol. The molecule has 2 aromatic carbocycles. The van der Waals surface area contributed by atoms with E-state index < -0.39 is 0 Å². The first kappa shape index (κ1) is 23.1. The SMILES string of the molecule is COc1cccc(N2C(=S)N[C@H](c3ccccn3)[C@H]2c2cc(C)n(-c3cc(C)cc(C)c3)c2C)c1. The van der Waals surface area contributed by atoms with E-state index in [0.717, 1.165) is 17.1 Å². The highest BCUT2D eigenvalue weighted by molar-refractivity contribution is 7.80. The summed E-state index contributed by atoms with van der Waals surface area (Å²) in [6.45, 7) is 8.65. The number of rotatable bonds is 5. The summed E-state index contributed by atoms with van der Waals surface area (Å²) < 4.78 is 7.87. The van der Waals surface area contributed by atoms with Gasteiger partial charge in [-0.15, -0.1) is 0 Å². The van der Waals surface area contributed by atoms with Crippen LogP contribution in [0.5, 0.6) is 5.75 Å². The smallest absolute Gasteiger partial charge is 0.174 e. The normalized spacial score (nSPS) is 17.5. The maximum Gasteiger partial charge on any atom is 0.174 e. The zero-order valence-corrected chi connectivity index (χ0v) is 21.6. The Kier molecular flexibility index (Phi) is 6.07. The van der Waals surface area contributed by atoms with Crippen LogP contribution in [0, 0.1) is 27.7 Å². The Bertz CT molecular complexity index is 1380. The maximum absolute atomic E-state index is 5.91. The van der Waals surface area contributed by atoms with Gasteiger partial charge in [0.25, 0.3) is 0 Å². The Morgan fingerprint density at radius 3 is 2.34 bits per heavy atom. The van der Waals surface area contributed by atoms with Crippen LogP contribution in [0.1, 0.15) is 45.9 Å². The van der Waals surface area contributed by atoms with E-state index in [1.807, 2.05) is 36.5 Å². The molecule has 0 bridgehead atoms. The molecule has 1 aliphatic rings. The van der Waals surface area contributed by atoms with E-state index in [9.17, 15) is 0 Å². The second kappa shape index (κ2) is 9.19. The molecule has 5 nitrogen and oxygen atoms in total. The molecule has 0 amide bonds. The number of hydrogen-bond acceptors (Lipinski definition) is 3. The summed E-state index contributed by atoms with van der Waals surface area (Å²) in [5.74, 6) is 0.797. The van der Waals surface area contributed by atoms with E-state index in [4.69, 9.17) is 21.9 Å². The first-order valence-electron chi connectivity index (χ1n) is 11.8. The van der Waals surface area contributed by atoms with Crippen molar-refractivity contribution in [3.8, 4) is 11.4 Å². The van der Waals surface area contributed by atoms with Gasteiger partial charge in [-0.05, 0) is 99.1 Å². The lowest BCUT2D eigenvalue weighted by atomic mass is 9.96. The highest BCUT2D eigenvalue weighted by Gasteiger charge is 2.42. The van der Waals surface area contributed by atoms with Crippen LogP contribution in [-0.2, 0) is 0 Å². The third-order valence-electron chi connectivity index (χ3n) is 6.68. The van der Waals surface area contributed by atoms with Crippen LogP contribution in [0.2, 0.25) is 0 Å². The number of benzene rings is 2. The molecule has 0 spiro atoms. The van der Waals surface area contributed by atoms with Gasteiger partial charge >= 0.3 is 0 Å². The fourth-order valence-corrected chi connectivity index (χ4v) is 5.62. The standard InChI is InChI=1S/C29H30N4OS/c1-18-13-19(2)15-23(14-18)32-20(3)16-25(21(32)4)28-27(26-11-6-7-12-30-26)31-29(35)33(28)22-9-8-10-24(17-22)34-5/h6-17,27-28H,1-5H3,(H,31,35)/t27-,28-/m1/s1. The lowest BCUT2D eigenvalue weighted by Gasteiger charge is -2.28. The van der Waals surface area contributed by atoms with Gasteiger partial charge in [0.2, 0.25) is 0 Å². The van der Waals surface area contributed by atoms with Crippen molar-refractivity contribution in [1.82, 2.24) is 14.9 Å². The van der Waals surface area contributed by atoms with Crippen LogP contribution in [0.3, 0.4) is 0 Å². The largest absolute Gasteiger partial charge is 0.497 e. The number of nitrogens with zero attached hydrogens (tertiary/aromatic N) is 3. The number of hydrogen-bond donors (Lipinski definition) is 1. The van der Waals surface area contributed by atoms with Gasteiger partial charge in [-0.1, -0.05) is 18.2 Å². The highest BCUT2D eigenvalue weighted by atomic mass is 32.1. The van der Waals surface area contributed by atoms with Gasteiger partial charge in [0.15, 0.2) is 5.11 Å². The molecule has 178 valence electrons. The van der Waals surface area contributed by atoms with Gasteiger partial charge in [-0.2, -0.15) is 0 Å². The predicted molar refractivity (Wildman–Crippen MR) is 146 cm³/mol. The lowest BCUT2D eigenvalue weighted by molar-refractivity contribution is 0.415. The summed E-state index contributed by atoms with van der Waals surface area (Å²) in [6.07, 6.45) is 1.84. The number of nitrogens with one attached hydrogen (secondary N) is 1. The quantitative estimate of drug-likeness (QED) is 0.339. The zero-order valence-electron chi connectivity index (χ0n) is 20.7. The van der Waals surface area contributed by atoms with Crippen molar-refractivity contribution in [2.45, 2.75) is 39.8 Å². The molecule has 1 saturated heterocycles. The molecular weight excluding hydrogens is 452 g/mol. The minimum Gasteiger partial charge on any atom is -0.497 e. The first-order chi connectivity index (χ1) is 16.9. The number of aromatic nitrogens is 2. The second-order valence-corrected chi connectivity index (χ2v) is 9.59. The van der Waals surface area contributed by atoms with Crippen LogP contribution < -0.4 is 15.0 Å². The van der Waals surface area contributed by atoms with Gasteiger partial charge < -0.3 is 19.5 Å². The van der Waals surface area contributed by atoms with Crippen molar-refractivity contribution >= 4 is 23.0 Å². The molecule has 2 atom stereocenters. The Hall–Kier alpha value is -3.64. The van der Waals surface area contributed by atoms with Gasteiger partial charge in [-0.25, -0.2) is 0 Å². The highest BCUT2D eigenvalue weighted by Crippen LogP contribution is 2.44. The molecular formula is C29H30N4OS.